The van der Waals surface area contributed by atoms with Gasteiger partial charge in [-0.2, -0.15) is 0 Å². The lowest BCUT2D eigenvalue weighted by Crippen LogP contribution is -2.47. The standard InChI is InChI=1S/C28H31BrFN3O3S/c1-21-5-10-26(37-21)19-33(18-22-6-8-25(30)9-7-22)27(34)20-32(12-11-31-13-15-36-16-14-31)28(35)23-3-2-4-24(29)17-23/h2-10,17H,11-16,18-20H2,1H3. The van der Waals surface area contributed by atoms with Gasteiger partial charge < -0.3 is 14.5 Å². The van der Waals surface area contributed by atoms with Crippen LogP contribution in [0.15, 0.2) is 65.1 Å². The second-order valence-corrected chi connectivity index (χ2v) is 11.4. The molecule has 0 spiro atoms. The molecule has 0 atom stereocenters. The minimum Gasteiger partial charge on any atom is -0.379 e. The fourth-order valence-electron chi connectivity index (χ4n) is 4.21. The van der Waals surface area contributed by atoms with E-state index in [-0.39, 0.29) is 24.2 Å². The molecule has 1 aromatic heterocycles. The first kappa shape index (κ1) is 27.4. The van der Waals surface area contributed by atoms with Gasteiger partial charge in [-0.25, -0.2) is 4.39 Å². The molecular formula is C28H31BrFN3O3S. The molecule has 0 radical (unpaired) electrons. The molecule has 1 aliphatic rings. The zero-order chi connectivity index (χ0) is 26.2. The van der Waals surface area contributed by atoms with Gasteiger partial charge in [0.2, 0.25) is 5.91 Å². The van der Waals surface area contributed by atoms with E-state index in [0.29, 0.717) is 45.0 Å². The van der Waals surface area contributed by atoms with Crippen LogP contribution in [0.5, 0.6) is 0 Å². The maximum atomic E-state index is 13.7. The number of benzene rings is 2. The van der Waals surface area contributed by atoms with Crippen molar-refractivity contribution in [1.82, 2.24) is 14.7 Å². The van der Waals surface area contributed by atoms with Crippen LogP contribution < -0.4 is 0 Å². The second kappa shape index (κ2) is 13.3. The summed E-state index contributed by atoms with van der Waals surface area (Å²) in [5.74, 6) is -0.651. The van der Waals surface area contributed by atoms with Crippen molar-refractivity contribution in [2.75, 3.05) is 45.9 Å². The highest BCUT2D eigenvalue weighted by atomic mass is 79.9. The summed E-state index contributed by atoms with van der Waals surface area (Å²) in [6.07, 6.45) is 0. The average Bonchev–Trinajstić information content (AvgIpc) is 3.32. The normalized spacial score (nSPS) is 13.9. The van der Waals surface area contributed by atoms with Gasteiger partial charge in [-0.05, 0) is 55.0 Å². The Morgan fingerprint density at radius 3 is 2.46 bits per heavy atom. The molecule has 3 aromatic rings. The molecule has 1 saturated heterocycles. The summed E-state index contributed by atoms with van der Waals surface area (Å²) in [7, 11) is 0. The van der Waals surface area contributed by atoms with E-state index in [0.717, 1.165) is 28.0 Å². The predicted molar refractivity (Wildman–Crippen MR) is 147 cm³/mol. The van der Waals surface area contributed by atoms with Crippen LogP contribution in [-0.2, 0) is 22.6 Å². The van der Waals surface area contributed by atoms with E-state index in [9.17, 15) is 14.0 Å². The van der Waals surface area contributed by atoms with Crippen molar-refractivity contribution < 1.29 is 18.7 Å². The smallest absolute Gasteiger partial charge is 0.254 e. The maximum absolute atomic E-state index is 13.7. The van der Waals surface area contributed by atoms with Crippen LogP contribution in [0.1, 0.15) is 25.7 Å². The summed E-state index contributed by atoms with van der Waals surface area (Å²) < 4.78 is 19.7. The molecule has 6 nitrogen and oxygen atoms in total. The SMILES string of the molecule is Cc1ccc(CN(Cc2ccc(F)cc2)C(=O)CN(CCN2CCOCC2)C(=O)c2cccc(Br)c2)s1. The summed E-state index contributed by atoms with van der Waals surface area (Å²) in [5.41, 5.74) is 1.37. The molecule has 1 aliphatic heterocycles. The van der Waals surface area contributed by atoms with Crippen LogP contribution in [0.25, 0.3) is 0 Å². The zero-order valence-corrected chi connectivity index (χ0v) is 23.3. The maximum Gasteiger partial charge on any atom is 0.254 e. The predicted octanol–water partition coefficient (Wildman–Crippen LogP) is 4.96. The zero-order valence-electron chi connectivity index (χ0n) is 20.9. The molecule has 196 valence electrons. The van der Waals surface area contributed by atoms with Gasteiger partial charge in [0.1, 0.15) is 12.4 Å². The molecule has 2 heterocycles. The molecule has 2 aromatic carbocycles. The number of carbonyl (C=O) groups excluding carboxylic acids is 2. The molecule has 4 rings (SSSR count). The van der Waals surface area contributed by atoms with E-state index < -0.39 is 0 Å². The first-order valence-electron chi connectivity index (χ1n) is 12.3. The molecule has 0 N–H and O–H groups in total. The van der Waals surface area contributed by atoms with Gasteiger partial charge in [0.25, 0.3) is 5.91 Å². The molecular weight excluding hydrogens is 557 g/mol. The Hall–Kier alpha value is -2.59. The van der Waals surface area contributed by atoms with Crippen molar-refractivity contribution in [2.24, 2.45) is 0 Å². The van der Waals surface area contributed by atoms with Crippen molar-refractivity contribution in [1.29, 1.82) is 0 Å². The highest BCUT2D eigenvalue weighted by molar-refractivity contribution is 9.10. The lowest BCUT2D eigenvalue weighted by molar-refractivity contribution is -0.133. The number of carbonyl (C=O) groups is 2. The summed E-state index contributed by atoms with van der Waals surface area (Å²) in [6.45, 7) is 6.80. The van der Waals surface area contributed by atoms with Crippen molar-refractivity contribution in [3.05, 3.63) is 91.8 Å². The Labute approximate surface area is 229 Å². The van der Waals surface area contributed by atoms with Crippen LogP contribution in [0.3, 0.4) is 0 Å². The number of morpholine rings is 1. The minimum atomic E-state index is -0.315. The van der Waals surface area contributed by atoms with E-state index in [4.69, 9.17) is 4.74 Å². The summed E-state index contributed by atoms with van der Waals surface area (Å²) in [5, 5.41) is 0. The van der Waals surface area contributed by atoms with E-state index >= 15 is 0 Å². The largest absolute Gasteiger partial charge is 0.379 e. The van der Waals surface area contributed by atoms with Crippen molar-refractivity contribution >= 4 is 39.1 Å². The third-order valence-electron chi connectivity index (χ3n) is 6.26. The average molecular weight is 589 g/mol. The molecule has 1 fully saturated rings. The van der Waals surface area contributed by atoms with Crippen molar-refractivity contribution in [3.8, 4) is 0 Å². The monoisotopic (exact) mass is 587 g/mol. The number of halogens is 2. The first-order valence-corrected chi connectivity index (χ1v) is 13.9. The topological polar surface area (TPSA) is 53.1 Å². The van der Waals surface area contributed by atoms with Crippen LogP contribution >= 0.6 is 27.3 Å². The number of ether oxygens (including phenoxy) is 1. The molecule has 37 heavy (non-hydrogen) atoms. The highest BCUT2D eigenvalue weighted by Crippen LogP contribution is 2.20. The van der Waals surface area contributed by atoms with E-state index in [1.165, 1.54) is 17.0 Å². The Morgan fingerprint density at radius 1 is 1.03 bits per heavy atom. The van der Waals surface area contributed by atoms with Gasteiger partial charge in [0.15, 0.2) is 0 Å². The molecule has 2 amide bonds. The van der Waals surface area contributed by atoms with Gasteiger partial charge in [-0.1, -0.05) is 34.1 Å². The number of hydrogen-bond acceptors (Lipinski definition) is 5. The van der Waals surface area contributed by atoms with Crippen LogP contribution in [0.2, 0.25) is 0 Å². The first-order chi connectivity index (χ1) is 17.9. The Kier molecular flexibility index (Phi) is 9.85. The summed E-state index contributed by atoms with van der Waals surface area (Å²) >= 11 is 5.08. The van der Waals surface area contributed by atoms with Gasteiger partial charge >= 0.3 is 0 Å². The van der Waals surface area contributed by atoms with Crippen molar-refractivity contribution in [3.63, 3.8) is 0 Å². The van der Waals surface area contributed by atoms with E-state index in [2.05, 4.69) is 20.8 Å². The number of amides is 2. The van der Waals surface area contributed by atoms with Gasteiger partial charge in [-0.15, -0.1) is 11.3 Å². The second-order valence-electron chi connectivity index (χ2n) is 9.08. The lowest BCUT2D eigenvalue weighted by atomic mass is 10.2. The molecule has 0 unspecified atom stereocenters. The summed E-state index contributed by atoms with van der Waals surface area (Å²) in [4.78, 5) is 35.1. The molecule has 9 heteroatoms. The number of aryl methyl sites for hydroxylation is 1. The summed E-state index contributed by atoms with van der Waals surface area (Å²) in [6, 6.07) is 17.5. The third-order valence-corrected chi connectivity index (χ3v) is 7.74. The highest BCUT2D eigenvalue weighted by Gasteiger charge is 2.24. The van der Waals surface area contributed by atoms with Crippen LogP contribution in [0, 0.1) is 12.7 Å². The Balaban J connectivity index is 1.53. The third kappa shape index (κ3) is 8.20. The quantitative estimate of drug-likeness (QED) is 0.336. The van der Waals surface area contributed by atoms with Gasteiger partial charge in [0, 0.05) is 52.5 Å². The molecule has 0 saturated carbocycles. The van der Waals surface area contributed by atoms with E-state index in [1.807, 2.05) is 31.2 Å². The molecule has 0 aliphatic carbocycles. The fraction of sp³-hybridized carbons (Fsp3) is 0.357. The fourth-order valence-corrected chi connectivity index (χ4v) is 5.51. The number of nitrogens with zero attached hydrogens (tertiary/aromatic N) is 3. The Morgan fingerprint density at radius 2 is 1.78 bits per heavy atom. The van der Waals surface area contributed by atoms with Crippen LogP contribution in [-0.4, -0.2) is 72.5 Å². The van der Waals surface area contributed by atoms with Gasteiger partial charge in [-0.3, -0.25) is 14.5 Å². The minimum absolute atomic E-state index is 0.0404. The number of thiophene rings is 1. The number of rotatable bonds is 10. The van der Waals surface area contributed by atoms with Crippen LogP contribution in [0.4, 0.5) is 4.39 Å². The Bertz CT molecular complexity index is 1200. The number of hydrogen-bond donors (Lipinski definition) is 0. The molecule has 0 bridgehead atoms. The van der Waals surface area contributed by atoms with Gasteiger partial charge in [0.05, 0.1) is 19.8 Å². The van der Waals surface area contributed by atoms with E-state index in [1.54, 1.807) is 45.4 Å². The lowest BCUT2D eigenvalue weighted by Gasteiger charge is -2.31. The van der Waals surface area contributed by atoms with Crippen molar-refractivity contribution in [2.45, 2.75) is 20.0 Å².